The predicted molar refractivity (Wildman–Crippen MR) is 72.0 cm³/mol. The van der Waals surface area contributed by atoms with Crippen LogP contribution in [0.15, 0.2) is 18.2 Å². The number of hydrogen-bond donors (Lipinski definition) is 1. The Balaban J connectivity index is 1.95. The van der Waals surface area contributed by atoms with Crippen LogP contribution in [0.4, 0.5) is 11.4 Å². The first-order valence-electron chi connectivity index (χ1n) is 6.30. The first-order valence-corrected chi connectivity index (χ1v) is 6.30. The molecule has 1 aromatic rings. The Hall–Kier alpha value is -2.64. The normalized spacial score (nSPS) is 13.4. The second kappa shape index (κ2) is 6.21. The Kier molecular flexibility index (Phi) is 4.36. The summed E-state index contributed by atoms with van der Waals surface area (Å²) in [6.07, 6.45) is 1.60. The molecule has 0 radical (unpaired) electrons. The molecule has 0 heterocycles. The molecule has 2 rings (SSSR count). The maximum absolute atomic E-state index is 11.7. The number of non-ortho nitro benzene ring substituents is 1. The number of amides is 1. The number of carbonyl (C=O) groups excluding carboxylic acids is 2. The van der Waals surface area contributed by atoms with Gasteiger partial charge in [0.25, 0.3) is 11.6 Å². The third-order valence-corrected chi connectivity index (χ3v) is 2.93. The largest absolute Gasteiger partial charge is 0.494 e. The zero-order chi connectivity index (χ0) is 15.4. The molecule has 8 heteroatoms. The van der Waals surface area contributed by atoms with Gasteiger partial charge >= 0.3 is 5.97 Å². The number of hydrogen-bond acceptors (Lipinski definition) is 6. The maximum Gasteiger partial charge on any atom is 0.309 e. The summed E-state index contributed by atoms with van der Waals surface area (Å²) < 4.78 is 9.82. The molecule has 1 amide bonds. The van der Waals surface area contributed by atoms with Crippen LogP contribution in [0.2, 0.25) is 0 Å². The monoisotopic (exact) mass is 294 g/mol. The highest BCUT2D eigenvalue weighted by atomic mass is 16.6. The van der Waals surface area contributed by atoms with Crippen molar-refractivity contribution < 1.29 is 24.0 Å². The van der Waals surface area contributed by atoms with E-state index in [4.69, 9.17) is 9.47 Å². The van der Waals surface area contributed by atoms with Gasteiger partial charge in [-0.25, -0.2) is 0 Å². The number of rotatable bonds is 6. The Morgan fingerprint density at radius 1 is 1.43 bits per heavy atom. The van der Waals surface area contributed by atoms with E-state index in [1.54, 1.807) is 0 Å². The highest BCUT2D eigenvalue weighted by Gasteiger charge is 2.31. The van der Waals surface area contributed by atoms with Gasteiger partial charge in [-0.3, -0.25) is 19.7 Å². The Morgan fingerprint density at radius 2 is 2.14 bits per heavy atom. The molecular formula is C13H14N2O6. The summed E-state index contributed by atoms with van der Waals surface area (Å²) in [6.45, 7) is -0.393. The lowest BCUT2D eigenvalue weighted by atomic mass is 10.2. The van der Waals surface area contributed by atoms with Gasteiger partial charge in [0.05, 0.1) is 29.7 Å². The van der Waals surface area contributed by atoms with Gasteiger partial charge in [0.1, 0.15) is 5.75 Å². The first-order chi connectivity index (χ1) is 10.0. The molecule has 1 aliphatic rings. The summed E-state index contributed by atoms with van der Waals surface area (Å²) in [7, 11) is 1.34. The van der Waals surface area contributed by atoms with Crippen molar-refractivity contribution in [3.8, 4) is 5.75 Å². The van der Waals surface area contributed by atoms with Gasteiger partial charge in [0.2, 0.25) is 0 Å². The number of methoxy groups -OCH3 is 1. The molecule has 21 heavy (non-hydrogen) atoms. The number of nitrogens with one attached hydrogen (secondary N) is 1. The number of nitro groups is 1. The number of esters is 1. The lowest BCUT2D eigenvalue weighted by Crippen LogP contribution is -2.21. The van der Waals surface area contributed by atoms with Crippen molar-refractivity contribution in [3.63, 3.8) is 0 Å². The quantitative estimate of drug-likeness (QED) is 0.484. The summed E-state index contributed by atoms with van der Waals surface area (Å²) in [4.78, 5) is 33.1. The predicted octanol–water partition coefficient (Wildman–Crippen LogP) is 1.50. The van der Waals surface area contributed by atoms with Gasteiger partial charge in [-0.15, -0.1) is 0 Å². The molecular weight excluding hydrogens is 280 g/mol. The second-order valence-electron chi connectivity index (χ2n) is 4.57. The molecule has 0 unspecified atom stereocenters. The van der Waals surface area contributed by atoms with Crippen LogP contribution in [-0.4, -0.2) is 30.5 Å². The molecule has 1 aromatic carbocycles. The van der Waals surface area contributed by atoms with Crippen LogP contribution in [-0.2, 0) is 14.3 Å². The maximum atomic E-state index is 11.7. The molecule has 0 bridgehead atoms. The molecule has 8 nitrogen and oxygen atoms in total. The molecule has 0 saturated heterocycles. The van der Waals surface area contributed by atoms with Crippen LogP contribution in [0, 0.1) is 16.0 Å². The van der Waals surface area contributed by atoms with Crippen molar-refractivity contribution in [1.29, 1.82) is 0 Å². The van der Waals surface area contributed by atoms with E-state index in [0.29, 0.717) is 0 Å². The average molecular weight is 294 g/mol. The number of anilines is 1. The number of nitrogens with zero attached hydrogens (tertiary/aromatic N) is 1. The Morgan fingerprint density at radius 3 is 2.71 bits per heavy atom. The highest BCUT2D eigenvalue weighted by molar-refractivity contribution is 5.94. The molecule has 1 aliphatic carbocycles. The van der Waals surface area contributed by atoms with Gasteiger partial charge in [-0.1, -0.05) is 0 Å². The smallest absolute Gasteiger partial charge is 0.309 e. The molecule has 0 aliphatic heterocycles. The van der Waals surface area contributed by atoms with Crippen LogP contribution in [0.5, 0.6) is 5.75 Å². The van der Waals surface area contributed by atoms with E-state index in [1.165, 1.54) is 25.3 Å². The molecule has 0 spiro atoms. The minimum absolute atomic E-state index is 0.0771. The Labute approximate surface area is 120 Å². The summed E-state index contributed by atoms with van der Waals surface area (Å²) in [5, 5.41) is 13.1. The van der Waals surface area contributed by atoms with E-state index < -0.39 is 17.4 Å². The number of carbonyl (C=O) groups is 2. The molecule has 0 atom stereocenters. The first kappa shape index (κ1) is 14.8. The molecule has 0 aromatic heterocycles. The van der Waals surface area contributed by atoms with Crippen molar-refractivity contribution in [3.05, 3.63) is 28.3 Å². The zero-order valence-corrected chi connectivity index (χ0v) is 11.3. The molecule has 112 valence electrons. The van der Waals surface area contributed by atoms with E-state index >= 15 is 0 Å². The number of ether oxygens (including phenoxy) is 2. The van der Waals surface area contributed by atoms with Crippen LogP contribution in [0.3, 0.4) is 0 Å². The summed E-state index contributed by atoms with van der Waals surface area (Å²) >= 11 is 0. The third kappa shape index (κ3) is 3.91. The lowest BCUT2D eigenvalue weighted by molar-refractivity contribution is -0.384. The summed E-state index contributed by atoms with van der Waals surface area (Å²) in [6, 6.07) is 3.80. The van der Waals surface area contributed by atoms with Gasteiger partial charge in [-0.2, -0.15) is 0 Å². The summed E-state index contributed by atoms with van der Waals surface area (Å²) in [5.41, 5.74) is 0.126. The fourth-order valence-electron chi connectivity index (χ4n) is 1.66. The van der Waals surface area contributed by atoms with Gasteiger partial charge in [0.15, 0.2) is 6.61 Å². The van der Waals surface area contributed by atoms with Crippen LogP contribution in [0.25, 0.3) is 0 Å². The molecule has 1 fully saturated rings. The molecule has 1 N–H and O–H groups in total. The SMILES string of the molecule is COc1cc([N+](=O)[O-])ccc1NC(=O)COC(=O)C1CC1. The Bertz CT molecular complexity index is 582. The van der Waals surface area contributed by atoms with Crippen molar-refractivity contribution in [2.45, 2.75) is 12.8 Å². The standard InChI is InChI=1S/C13H14N2O6/c1-20-11-6-9(15(18)19)4-5-10(11)14-12(16)7-21-13(17)8-2-3-8/h4-6,8H,2-3,7H2,1H3,(H,14,16). The zero-order valence-electron chi connectivity index (χ0n) is 11.3. The van der Waals surface area contributed by atoms with Crippen LogP contribution >= 0.6 is 0 Å². The van der Waals surface area contributed by atoms with Crippen molar-refractivity contribution in [1.82, 2.24) is 0 Å². The fraction of sp³-hybridized carbons (Fsp3) is 0.385. The second-order valence-corrected chi connectivity index (χ2v) is 4.57. The summed E-state index contributed by atoms with van der Waals surface area (Å²) in [5.74, 6) is -0.824. The van der Waals surface area contributed by atoms with Crippen LogP contribution < -0.4 is 10.1 Å². The van der Waals surface area contributed by atoms with E-state index in [9.17, 15) is 19.7 Å². The molecule has 1 saturated carbocycles. The van der Waals surface area contributed by atoms with Gasteiger partial charge < -0.3 is 14.8 Å². The van der Waals surface area contributed by atoms with E-state index in [-0.39, 0.29) is 29.0 Å². The lowest BCUT2D eigenvalue weighted by Gasteiger charge is -2.10. The van der Waals surface area contributed by atoms with Crippen molar-refractivity contribution in [2.24, 2.45) is 5.92 Å². The fourth-order valence-corrected chi connectivity index (χ4v) is 1.66. The minimum Gasteiger partial charge on any atom is -0.494 e. The topological polar surface area (TPSA) is 108 Å². The van der Waals surface area contributed by atoms with E-state index in [2.05, 4.69) is 5.32 Å². The van der Waals surface area contributed by atoms with Crippen molar-refractivity contribution in [2.75, 3.05) is 19.0 Å². The van der Waals surface area contributed by atoms with Gasteiger partial charge in [-0.05, 0) is 18.9 Å². The van der Waals surface area contributed by atoms with Gasteiger partial charge in [0, 0.05) is 6.07 Å². The highest BCUT2D eigenvalue weighted by Crippen LogP contribution is 2.30. The minimum atomic E-state index is -0.564. The number of nitro benzene ring substituents is 1. The van der Waals surface area contributed by atoms with Crippen LogP contribution in [0.1, 0.15) is 12.8 Å². The van der Waals surface area contributed by atoms with E-state index in [1.807, 2.05) is 0 Å². The van der Waals surface area contributed by atoms with E-state index in [0.717, 1.165) is 12.8 Å². The third-order valence-electron chi connectivity index (χ3n) is 2.93. The number of benzene rings is 1. The average Bonchev–Trinajstić information content (AvgIpc) is 3.29. The van der Waals surface area contributed by atoms with Crippen molar-refractivity contribution >= 4 is 23.3 Å².